The van der Waals surface area contributed by atoms with E-state index in [-0.39, 0.29) is 28.0 Å². The van der Waals surface area contributed by atoms with Gasteiger partial charge in [0.05, 0.1) is 5.56 Å². The van der Waals surface area contributed by atoms with Gasteiger partial charge in [-0.1, -0.05) is 24.3 Å². The molecule has 0 unspecified atom stereocenters. The van der Waals surface area contributed by atoms with Crippen molar-refractivity contribution in [2.75, 3.05) is 0 Å². The number of hydrogen-bond acceptors (Lipinski definition) is 6. The van der Waals surface area contributed by atoms with Crippen molar-refractivity contribution in [2.24, 2.45) is 0 Å². The van der Waals surface area contributed by atoms with Crippen molar-refractivity contribution in [2.45, 2.75) is 12.6 Å². The summed E-state index contributed by atoms with van der Waals surface area (Å²) in [5.41, 5.74) is -2.94. The van der Waals surface area contributed by atoms with Crippen LogP contribution in [0.15, 0.2) is 42.5 Å². The number of phenolic OH excluding ortho intramolecular Hbond substituents is 1. The van der Waals surface area contributed by atoms with Crippen LogP contribution in [-0.4, -0.2) is 39.2 Å². The minimum Gasteiger partial charge on any atom is -0.507 e. The van der Waals surface area contributed by atoms with Crippen molar-refractivity contribution in [1.29, 1.82) is 0 Å². The number of aromatic hydroxyl groups is 1. The SMILES string of the molecule is CC(=O)c1ccc(O)c(C(=O)NC2(O)C(=O)c3ccccc3C2=O)c1. The number of rotatable bonds is 3. The van der Waals surface area contributed by atoms with E-state index in [9.17, 15) is 29.4 Å². The molecule has 3 N–H and O–H groups in total. The van der Waals surface area contributed by atoms with Crippen LogP contribution in [0.1, 0.15) is 48.4 Å². The monoisotopic (exact) mass is 339 g/mol. The lowest BCUT2D eigenvalue weighted by Crippen LogP contribution is -2.56. The predicted octanol–water partition coefficient (Wildman–Crippen LogP) is 1.09. The van der Waals surface area contributed by atoms with Gasteiger partial charge in [0.25, 0.3) is 11.6 Å². The molecule has 1 amide bonds. The number of amides is 1. The average molecular weight is 339 g/mol. The van der Waals surface area contributed by atoms with Crippen molar-refractivity contribution in [3.8, 4) is 5.75 Å². The minimum absolute atomic E-state index is 0.00277. The van der Waals surface area contributed by atoms with Crippen LogP contribution in [0, 0.1) is 0 Å². The Morgan fingerprint density at radius 3 is 2.08 bits per heavy atom. The van der Waals surface area contributed by atoms with E-state index in [1.807, 2.05) is 5.32 Å². The molecular weight excluding hydrogens is 326 g/mol. The van der Waals surface area contributed by atoms with E-state index < -0.39 is 28.9 Å². The molecule has 0 saturated heterocycles. The zero-order valence-electron chi connectivity index (χ0n) is 13.1. The molecule has 126 valence electrons. The molecule has 0 radical (unpaired) electrons. The second kappa shape index (κ2) is 5.64. The van der Waals surface area contributed by atoms with E-state index in [0.717, 1.165) is 12.1 Å². The van der Waals surface area contributed by atoms with Crippen LogP contribution in [0.5, 0.6) is 5.75 Å². The Balaban J connectivity index is 1.97. The van der Waals surface area contributed by atoms with E-state index >= 15 is 0 Å². The smallest absolute Gasteiger partial charge is 0.268 e. The lowest BCUT2D eigenvalue weighted by Gasteiger charge is -2.21. The van der Waals surface area contributed by atoms with Crippen LogP contribution in [0.4, 0.5) is 0 Å². The molecule has 7 nitrogen and oxygen atoms in total. The van der Waals surface area contributed by atoms with Gasteiger partial charge >= 0.3 is 0 Å². The van der Waals surface area contributed by atoms with E-state index in [2.05, 4.69) is 0 Å². The predicted molar refractivity (Wildman–Crippen MR) is 85.6 cm³/mol. The third kappa shape index (κ3) is 2.50. The molecule has 2 aromatic carbocycles. The van der Waals surface area contributed by atoms with Gasteiger partial charge < -0.3 is 15.5 Å². The highest BCUT2D eigenvalue weighted by Crippen LogP contribution is 2.29. The summed E-state index contributed by atoms with van der Waals surface area (Å²) < 4.78 is 0. The summed E-state index contributed by atoms with van der Waals surface area (Å²) in [5.74, 6) is -3.76. The first-order chi connectivity index (χ1) is 11.8. The van der Waals surface area contributed by atoms with Crippen molar-refractivity contribution >= 4 is 23.3 Å². The number of benzene rings is 2. The van der Waals surface area contributed by atoms with E-state index in [1.165, 1.54) is 37.3 Å². The van der Waals surface area contributed by atoms with Gasteiger partial charge in [-0.2, -0.15) is 0 Å². The number of fused-ring (bicyclic) bond motifs is 1. The first kappa shape index (κ1) is 16.5. The zero-order chi connectivity index (χ0) is 18.4. The summed E-state index contributed by atoms with van der Waals surface area (Å²) in [4.78, 5) is 48.5. The fourth-order valence-corrected chi connectivity index (χ4v) is 2.65. The van der Waals surface area contributed by atoms with Gasteiger partial charge in [-0.25, -0.2) is 0 Å². The van der Waals surface area contributed by atoms with E-state index in [4.69, 9.17) is 0 Å². The lowest BCUT2D eigenvalue weighted by molar-refractivity contribution is 0.0192. The Hall–Kier alpha value is -3.32. The highest BCUT2D eigenvalue weighted by atomic mass is 16.3. The number of nitrogens with one attached hydrogen (secondary N) is 1. The summed E-state index contributed by atoms with van der Waals surface area (Å²) >= 11 is 0. The first-order valence-electron chi connectivity index (χ1n) is 7.33. The Kier molecular flexibility index (Phi) is 3.73. The molecule has 0 bridgehead atoms. The summed E-state index contributed by atoms with van der Waals surface area (Å²) in [6, 6.07) is 9.38. The molecule has 7 heteroatoms. The van der Waals surface area contributed by atoms with Crippen LogP contribution in [0.2, 0.25) is 0 Å². The molecule has 0 spiro atoms. The van der Waals surface area contributed by atoms with Gasteiger partial charge in [-0.15, -0.1) is 0 Å². The van der Waals surface area contributed by atoms with Crippen molar-refractivity contribution in [3.63, 3.8) is 0 Å². The molecule has 0 fully saturated rings. The molecule has 2 aromatic rings. The molecule has 1 aliphatic carbocycles. The van der Waals surface area contributed by atoms with Gasteiger partial charge in [0.2, 0.25) is 11.6 Å². The minimum atomic E-state index is -2.75. The van der Waals surface area contributed by atoms with Gasteiger partial charge in [0.1, 0.15) is 5.75 Å². The summed E-state index contributed by atoms with van der Waals surface area (Å²) in [5, 5.41) is 22.3. The van der Waals surface area contributed by atoms with Gasteiger partial charge in [-0.05, 0) is 25.1 Å². The lowest BCUT2D eigenvalue weighted by atomic mass is 10.0. The molecule has 0 atom stereocenters. The van der Waals surface area contributed by atoms with Gasteiger partial charge in [0, 0.05) is 16.7 Å². The number of aliphatic hydroxyl groups is 1. The van der Waals surface area contributed by atoms with Gasteiger partial charge in [-0.3, -0.25) is 19.2 Å². The molecule has 25 heavy (non-hydrogen) atoms. The van der Waals surface area contributed by atoms with Crippen molar-refractivity contribution in [1.82, 2.24) is 5.32 Å². The normalized spacial score (nSPS) is 15.0. The van der Waals surface area contributed by atoms with Crippen LogP contribution in [0.3, 0.4) is 0 Å². The van der Waals surface area contributed by atoms with E-state index in [1.54, 1.807) is 0 Å². The second-order valence-electron chi connectivity index (χ2n) is 5.66. The number of carbonyl (C=O) groups is 4. The fraction of sp³-hybridized carbons (Fsp3) is 0.111. The first-order valence-corrected chi connectivity index (χ1v) is 7.33. The third-order valence-electron chi connectivity index (χ3n) is 4.02. The van der Waals surface area contributed by atoms with Crippen LogP contribution in [0.25, 0.3) is 0 Å². The number of Topliss-reactive ketones (excluding diaryl/α,β-unsaturated/α-hetero) is 3. The van der Waals surface area contributed by atoms with Crippen LogP contribution >= 0.6 is 0 Å². The average Bonchev–Trinajstić information content (AvgIpc) is 2.77. The molecule has 0 saturated carbocycles. The maximum Gasteiger partial charge on any atom is 0.268 e. The number of hydrogen-bond donors (Lipinski definition) is 3. The maximum atomic E-state index is 12.4. The fourth-order valence-electron chi connectivity index (χ4n) is 2.65. The zero-order valence-corrected chi connectivity index (χ0v) is 13.1. The maximum absolute atomic E-state index is 12.4. The Labute approximate surface area is 141 Å². The Morgan fingerprint density at radius 1 is 1.00 bits per heavy atom. The number of ketones is 3. The second-order valence-corrected chi connectivity index (χ2v) is 5.66. The largest absolute Gasteiger partial charge is 0.507 e. The molecular formula is C18H13NO6. The summed E-state index contributed by atoms with van der Waals surface area (Å²) in [7, 11) is 0. The van der Waals surface area contributed by atoms with Gasteiger partial charge in [0.15, 0.2) is 5.78 Å². The summed E-state index contributed by atoms with van der Waals surface area (Å²) in [6.07, 6.45) is 0. The molecule has 0 aliphatic heterocycles. The molecule has 3 rings (SSSR count). The van der Waals surface area contributed by atoms with Crippen LogP contribution < -0.4 is 5.32 Å². The number of carbonyl (C=O) groups excluding carboxylic acids is 4. The Bertz CT molecular complexity index is 911. The van der Waals surface area contributed by atoms with Crippen molar-refractivity contribution in [3.05, 3.63) is 64.7 Å². The van der Waals surface area contributed by atoms with E-state index in [0.29, 0.717) is 0 Å². The third-order valence-corrected chi connectivity index (χ3v) is 4.02. The Morgan fingerprint density at radius 2 is 1.56 bits per heavy atom. The molecule has 0 aromatic heterocycles. The highest BCUT2D eigenvalue weighted by Gasteiger charge is 2.53. The standard InChI is InChI=1S/C18H13NO6/c1-9(20)10-6-7-14(21)13(8-10)17(24)19-18(25)15(22)11-4-2-3-5-12(11)16(18)23/h2-8,21,25H,1H3,(H,19,24). The van der Waals surface area contributed by atoms with Crippen LogP contribution in [-0.2, 0) is 0 Å². The number of phenols is 1. The topological polar surface area (TPSA) is 121 Å². The highest BCUT2D eigenvalue weighted by molar-refractivity contribution is 6.32. The molecule has 0 heterocycles. The quantitative estimate of drug-likeness (QED) is 0.437. The summed E-state index contributed by atoms with van der Waals surface area (Å²) in [6.45, 7) is 1.28. The molecule has 1 aliphatic rings. The van der Waals surface area contributed by atoms with Crippen molar-refractivity contribution < 1.29 is 29.4 Å².